The van der Waals surface area contributed by atoms with Crippen LogP contribution in [0.1, 0.15) is 11.1 Å². The number of pyridine rings is 1. The number of urea groups is 1. The highest BCUT2D eigenvalue weighted by molar-refractivity contribution is 5.89. The Morgan fingerprint density at radius 3 is 2.57 bits per heavy atom. The van der Waals surface area contributed by atoms with Crippen LogP contribution < -0.4 is 5.32 Å². The van der Waals surface area contributed by atoms with E-state index in [0.29, 0.717) is 26.2 Å². The van der Waals surface area contributed by atoms with Gasteiger partial charge >= 0.3 is 12.2 Å². The van der Waals surface area contributed by atoms with E-state index >= 15 is 0 Å². The van der Waals surface area contributed by atoms with Crippen molar-refractivity contribution in [2.24, 2.45) is 0 Å². The molecular weight excluding hydrogens is 457 g/mol. The number of anilines is 1. The average Bonchev–Trinajstić information content (AvgIpc) is 3.28. The molecule has 10 heteroatoms. The van der Waals surface area contributed by atoms with E-state index in [1.54, 1.807) is 11.1 Å². The van der Waals surface area contributed by atoms with E-state index in [1.165, 1.54) is 12.1 Å². The molecule has 7 nitrogen and oxygen atoms in total. The summed E-state index contributed by atoms with van der Waals surface area (Å²) in [5.74, 6) is 0.721. The van der Waals surface area contributed by atoms with E-state index in [1.807, 2.05) is 30.3 Å². The normalized spacial score (nSPS) is 14.9. The Bertz CT molecular complexity index is 1330. The maximum Gasteiger partial charge on any atom is 0.416 e. The number of nitrogens with one attached hydrogen (secondary N) is 2. The van der Waals surface area contributed by atoms with Crippen LogP contribution in [-0.2, 0) is 12.7 Å². The van der Waals surface area contributed by atoms with E-state index in [4.69, 9.17) is 0 Å². The zero-order valence-electron chi connectivity index (χ0n) is 18.7. The molecule has 3 heterocycles. The molecule has 0 unspecified atom stereocenters. The van der Waals surface area contributed by atoms with Gasteiger partial charge in [0.15, 0.2) is 5.82 Å². The first-order valence-corrected chi connectivity index (χ1v) is 11.2. The summed E-state index contributed by atoms with van der Waals surface area (Å²) < 4.78 is 38.7. The fraction of sp³-hybridized carbons (Fsp3) is 0.240. The number of piperazine rings is 1. The molecule has 35 heavy (non-hydrogen) atoms. The summed E-state index contributed by atoms with van der Waals surface area (Å²) in [7, 11) is 0. The molecule has 180 valence electrons. The molecule has 1 aliphatic heterocycles. The average molecular weight is 480 g/mol. The van der Waals surface area contributed by atoms with Gasteiger partial charge in [0, 0.05) is 44.6 Å². The number of carbonyl (C=O) groups is 1. The van der Waals surface area contributed by atoms with Crippen molar-refractivity contribution in [2.75, 3.05) is 31.5 Å². The molecule has 4 aromatic rings. The summed E-state index contributed by atoms with van der Waals surface area (Å²) in [4.78, 5) is 28.7. The zero-order chi connectivity index (χ0) is 24.4. The number of nitrogens with zero attached hydrogens (tertiary/aromatic N) is 4. The Kier molecular flexibility index (Phi) is 6.12. The van der Waals surface area contributed by atoms with Crippen LogP contribution in [0.3, 0.4) is 0 Å². The fourth-order valence-corrected chi connectivity index (χ4v) is 4.12. The quantitative estimate of drug-likeness (QED) is 0.431. The summed E-state index contributed by atoms with van der Waals surface area (Å²) in [6.07, 6.45) is -2.72. The van der Waals surface area contributed by atoms with Crippen LogP contribution in [0.2, 0.25) is 0 Å². The van der Waals surface area contributed by atoms with Gasteiger partial charge < -0.3 is 15.2 Å². The number of alkyl halides is 3. The first kappa shape index (κ1) is 22.9. The summed E-state index contributed by atoms with van der Waals surface area (Å²) in [5.41, 5.74) is 3.04. The third-order valence-electron chi connectivity index (χ3n) is 5.96. The number of amides is 2. The van der Waals surface area contributed by atoms with Gasteiger partial charge in [-0.1, -0.05) is 18.2 Å². The SMILES string of the molecule is O=C(Nc1cccc(C(F)(F)F)c1)N1CCN(Cc2ccc3nc(-c4ccccn4)[nH]c3c2)CC1. The van der Waals surface area contributed by atoms with Gasteiger partial charge in [-0.15, -0.1) is 0 Å². The number of imidazole rings is 1. The largest absolute Gasteiger partial charge is 0.416 e. The summed E-state index contributed by atoms with van der Waals surface area (Å²) in [6, 6.07) is 16.0. The Morgan fingerprint density at radius 2 is 1.83 bits per heavy atom. The van der Waals surface area contributed by atoms with Gasteiger partial charge in [0.1, 0.15) is 5.69 Å². The molecule has 0 spiro atoms. The number of aromatic amines is 1. The third kappa shape index (κ3) is 5.27. The maximum absolute atomic E-state index is 12.9. The maximum atomic E-state index is 12.9. The first-order chi connectivity index (χ1) is 16.8. The Balaban J connectivity index is 1.17. The predicted octanol–water partition coefficient (Wildman–Crippen LogP) is 4.99. The van der Waals surface area contributed by atoms with Crippen molar-refractivity contribution in [1.82, 2.24) is 24.8 Å². The van der Waals surface area contributed by atoms with Gasteiger partial charge in [-0.3, -0.25) is 9.88 Å². The van der Waals surface area contributed by atoms with E-state index in [9.17, 15) is 18.0 Å². The lowest BCUT2D eigenvalue weighted by Crippen LogP contribution is -2.49. The fourth-order valence-electron chi connectivity index (χ4n) is 4.12. The molecule has 0 saturated carbocycles. The standard InChI is InChI=1S/C25H23F3N6O/c26-25(27,28)18-4-3-5-19(15-18)30-24(35)34-12-10-33(11-13-34)16-17-7-8-20-22(14-17)32-23(31-20)21-6-1-2-9-29-21/h1-9,14-15H,10-13,16H2,(H,30,35)(H,31,32). The van der Waals surface area contributed by atoms with Crippen LogP contribution in [0.25, 0.3) is 22.6 Å². The van der Waals surface area contributed by atoms with Crippen LogP contribution in [0.4, 0.5) is 23.7 Å². The molecule has 1 aliphatic rings. The number of rotatable bonds is 4. The minimum atomic E-state index is -4.45. The first-order valence-electron chi connectivity index (χ1n) is 11.2. The number of fused-ring (bicyclic) bond motifs is 1. The van der Waals surface area contributed by atoms with Crippen molar-refractivity contribution < 1.29 is 18.0 Å². The molecule has 0 radical (unpaired) electrons. The minimum absolute atomic E-state index is 0.130. The van der Waals surface area contributed by atoms with Crippen LogP contribution in [0, 0.1) is 0 Å². The van der Waals surface area contributed by atoms with Gasteiger partial charge in [-0.05, 0) is 48.0 Å². The lowest BCUT2D eigenvalue weighted by molar-refractivity contribution is -0.137. The highest BCUT2D eigenvalue weighted by Gasteiger charge is 2.30. The lowest BCUT2D eigenvalue weighted by Gasteiger charge is -2.34. The highest BCUT2D eigenvalue weighted by atomic mass is 19.4. The molecule has 1 fully saturated rings. The van der Waals surface area contributed by atoms with Crippen molar-refractivity contribution in [2.45, 2.75) is 12.7 Å². The number of H-pyrrole nitrogens is 1. The van der Waals surface area contributed by atoms with Crippen LogP contribution in [0.5, 0.6) is 0 Å². The van der Waals surface area contributed by atoms with Crippen molar-refractivity contribution in [3.05, 3.63) is 78.0 Å². The molecule has 2 aromatic heterocycles. The van der Waals surface area contributed by atoms with E-state index in [-0.39, 0.29) is 5.69 Å². The molecule has 0 atom stereocenters. The Hall–Kier alpha value is -3.92. The van der Waals surface area contributed by atoms with Gasteiger partial charge in [0.2, 0.25) is 0 Å². The molecule has 0 bridgehead atoms. The van der Waals surface area contributed by atoms with Crippen LogP contribution >= 0.6 is 0 Å². The summed E-state index contributed by atoms with van der Waals surface area (Å²) in [6.45, 7) is 3.02. The second kappa shape index (κ2) is 9.38. The number of aromatic nitrogens is 3. The van der Waals surface area contributed by atoms with Gasteiger partial charge in [0.05, 0.1) is 16.6 Å². The summed E-state index contributed by atoms with van der Waals surface area (Å²) in [5, 5.41) is 2.58. The van der Waals surface area contributed by atoms with Gasteiger partial charge in [0.25, 0.3) is 0 Å². The third-order valence-corrected chi connectivity index (χ3v) is 5.96. The second-order valence-corrected chi connectivity index (χ2v) is 8.42. The van der Waals surface area contributed by atoms with Crippen LogP contribution in [0.15, 0.2) is 66.9 Å². The predicted molar refractivity (Wildman–Crippen MR) is 127 cm³/mol. The molecule has 1 saturated heterocycles. The van der Waals surface area contributed by atoms with E-state index in [0.717, 1.165) is 46.8 Å². The lowest BCUT2D eigenvalue weighted by atomic mass is 10.1. The molecule has 5 rings (SSSR count). The molecule has 2 N–H and O–H groups in total. The topological polar surface area (TPSA) is 77.2 Å². The van der Waals surface area contributed by atoms with Gasteiger partial charge in [-0.2, -0.15) is 13.2 Å². The number of carbonyl (C=O) groups excluding carboxylic acids is 1. The van der Waals surface area contributed by atoms with E-state index < -0.39 is 17.8 Å². The monoisotopic (exact) mass is 480 g/mol. The molecule has 2 aromatic carbocycles. The molecule has 0 aliphatic carbocycles. The van der Waals surface area contributed by atoms with Crippen molar-refractivity contribution >= 4 is 22.8 Å². The highest BCUT2D eigenvalue weighted by Crippen LogP contribution is 2.30. The number of halogens is 3. The smallest absolute Gasteiger partial charge is 0.337 e. The number of hydrogen-bond acceptors (Lipinski definition) is 4. The Morgan fingerprint density at radius 1 is 1.00 bits per heavy atom. The summed E-state index contributed by atoms with van der Waals surface area (Å²) >= 11 is 0. The minimum Gasteiger partial charge on any atom is -0.337 e. The van der Waals surface area contributed by atoms with Crippen molar-refractivity contribution in [1.29, 1.82) is 0 Å². The number of hydrogen-bond donors (Lipinski definition) is 2. The van der Waals surface area contributed by atoms with Gasteiger partial charge in [-0.25, -0.2) is 9.78 Å². The van der Waals surface area contributed by atoms with Crippen molar-refractivity contribution in [3.63, 3.8) is 0 Å². The van der Waals surface area contributed by atoms with Crippen molar-refractivity contribution in [3.8, 4) is 11.5 Å². The zero-order valence-corrected chi connectivity index (χ0v) is 18.7. The molecular formula is C25H23F3N6O. The second-order valence-electron chi connectivity index (χ2n) is 8.42. The van der Waals surface area contributed by atoms with E-state index in [2.05, 4.69) is 31.2 Å². The molecule has 2 amide bonds. The number of benzene rings is 2. The van der Waals surface area contributed by atoms with Crippen LogP contribution in [-0.4, -0.2) is 57.0 Å². The Labute approximate surface area is 199 Å².